The van der Waals surface area contributed by atoms with E-state index in [4.69, 9.17) is 4.74 Å². The maximum Gasteiger partial charge on any atom is 0.241 e. The summed E-state index contributed by atoms with van der Waals surface area (Å²) in [5.74, 6) is 0.377. The summed E-state index contributed by atoms with van der Waals surface area (Å²) >= 11 is 0. The molecule has 2 aromatic rings. The van der Waals surface area contributed by atoms with Crippen molar-refractivity contribution in [3.05, 3.63) is 59.2 Å². The molecule has 2 aromatic carbocycles. The first kappa shape index (κ1) is 21.8. The van der Waals surface area contributed by atoms with E-state index in [-0.39, 0.29) is 18.5 Å². The number of para-hydroxylation sites is 1. The maximum atomic E-state index is 12.5. The molecular weight excluding hydrogens is 376 g/mol. The lowest BCUT2D eigenvalue weighted by Gasteiger charge is -2.24. The third kappa shape index (κ3) is 6.27. The molecule has 0 aliphatic rings. The number of aryl methyl sites for hydroxylation is 3. The highest BCUT2D eigenvalue weighted by Crippen LogP contribution is 2.21. The molecular formula is C21H28N2O4S. The van der Waals surface area contributed by atoms with Crippen molar-refractivity contribution >= 4 is 21.6 Å². The van der Waals surface area contributed by atoms with Gasteiger partial charge in [-0.25, -0.2) is 8.42 Å². The Morgan fingerprint density at radius 2 is 1.71 bits per heavy atom. The highest BCUT2D eigenvalue weighted by atomic mass is 32.2. The Labute approximate surface area is 167 Å². The molecule has 0 heterocycles. The van der Waals surface area contributed by atoms with Gasteiger partial charge in [-0.2, -0.15) is 0 Å². The van der Waals surface area contributed by atoms with Gasteiger partial charge in [0.25, 0.3) is 0 Å². The van der Waals surface area contributed by atoms with Crippen molar-refractivity contribution in [2.24, 2.45) is 0 Å². The van der Waals surface area contributed by atoms with Crippen LogP contribution >= 0.6 is 0 Å². The number of carbonyl (C=O) groups is 1. The number of rotatable bonds is 8. The Kier molecular flexibility index (Phi) is 7.07. The van der Waals surface area contributed by atoms with Gasteiger partial charge in [0.05, 0.1) is 18.0 Å². The molecule has 0 saturated heterocycles. The minimum Gasteiger partial charge on any atom is -0.491 e. The van der Waals surface area contributed by atoms with Crippen LogP contribution < -0.4 is 14.4 Å². The van der Waals surface area contributed by atoms with E-state index in [0.717, 1.165) is 33.0 Å². The Morgan fingerprint density at radius 3 is 2.29 bits per heavy atom. The van der Waals surface area contributed by atoms with Crippen LogP contribution in [-0.4, -0.2) is 39.8 Å². The number of anilines is 1. The van der Waals surface area contributed by atoms with Crippen molar-refractivity contribution in [3.63, 3.8) is 0 Å². The van der Waals surface area contributed by atoms with Gasteiger partial charge in [0, 0.05) is 0 Å². The van der Waals surface area contributed by atoms with E-state index in [2.05, 4.69) is 5.32 Å². The second kappa shape index (κ2) is 9.10. The minimum absolute atomic E-state index is 0.271. The average Bonchev–Trinajstić information content (AvgIpc) is 2.57. The zero-order valence-corrected chi connectivity index (χ0v) is 17.8. The van der Waals surface area contributed by atoms with Crippen molar-refractivity contribution < 1.29 is 17.9 Å². The predicted molar refractivity (Wildman–Crippen MR) is 112 cm³/mol. The molecule has 152 valence electrons. The zero-order valence-electron chi connectivity index (χ0n) is 17.0. The van der Waals surface area contributed by atoms with Crippen molar-refractivity contribution in [2.45, 2.75) is 33.7 Å². The van der Waals surface area contributed by atoms with Crippen molar-refractivity contribution in [1.29, 1.82) is 0 Å². The molecule has 6 nitrogen and oxygen atoms in total. The summed E-state index contributed by atoms with van der Waals surface area (Å²) < 4.78 is 31.4. The second-order valence-corrected chi connectivity index (χ2v) is 9.07. The van der Waals surface area contributed by atoms with Crippen molar-refractivity contribution in [3.8, 4) is 5.75 Å². The van der Waals surface area contributed by atoms with Gasteiger partial charge in [-0.05, 0) is 62.6 Å². The van der Waals surface area contributed by atoms with Crippen LogP contribution in [0.15, 0.2) is 42.5 Å². The molecule has 0 fully saturated rings. The van der Waals surface area contributed by atoms with Gasteiger partial charge in [-0.1, -0.05) is 24.3 Å². The molecule has 0 aliphatic heterocycles. The van der Waals surface area contributed by atoms with Gasteiger partial charge in [0.1, 0.15) is 18.9 Å². The molecule has 1 atom stereocenters. The first-order valence-electron chi connectivity index (χ1n) is 9.10. The van der Waals surface area contributed by atoms with Crippen LogP contribution in [0.2, 0.25) is 0 Å². The average molecular weight is 405 g/mol. The first-order valence-corrected chi connectivity index (χ1v) is 10.9. The van der Waals surface area contributed by atoms with Crippen molar-refractivity contribution in [1.82, 2.24) is 5.32 Å². The van der Waals surface area contributed by atoms with Gasteiger partial charge in [-0.3, -0.25) is 9.10 Å². The van der Waals surface area contributed by atoms with Crippen LogP contribution in [0.25, 0.3) is 0 Å². The quantitative estimate of drug-likeness (QED) is 0.734. The summed E-state index contributed by atoms with van der Waals surface area (Å²) in [5, 5.41) is 2.80. The fraction of sp³-hybridized carbons (Fsp3) is 0.381. The number of amides is 1. The summed E-state index contributed by atoms with van der Waals surface area (Å²) in [4.78, 5) is 12.5. The molecule has 28 heavy (non-hydrogen) atoms. The summed E-state index contributed by atoms with van der Waals surface area (Å²) in [7, 11) is -3.60. The molecule has 0 unspecified atom stereocenters. The van der Waals surface area contributed by atoms with Crippen LogP contribution in [0.4, 0.5) is 5.69 Å². The highest BCUT2D eigenvalue weighted by molar-refractivity contribution is 7.92. The van der Waals surface area contributed by atoms with E-state index in [9.17, 15) is 13.2 Å². The molecule has 0 spiro atoms. The Hall–Kier alpha value is -2.54. The number of ether oxygens (including phenoxy) is 1. The standard InChI is InChI=1S/C21H28N2O4S/c1-15-10-16(2)12-19(11-15)23(28(5,25)26)13-21(24)22-18(4)14-27-20-9-7-6-8-17(20)3/h6-12,18H,13-14H2,1-5H3,(H,22,24)/t18-/m1/s1. The third-order valence-electron chi connectivity index (χ3n) is 4.17. The van der Waals surface area contributed by atoms with E-state index >= 15 is 0 Å². The lowest BCUT2D eigenvalue weighted by molar-refractivity contribution is -0.120. The normalized spacial score (nSPS) is 12.3. The van der Waals surface area contributed by atoms with Crippen LogP contribution in [0, 0.1) is 20.8 Å². The summed E-state index contributed by atoms with van der Waals surface area (Å²) in [5.41, 5.74) is 3.37. The van der Waals surface area contributed by atoms with E-state index in [1.54, 1.807) is 12.1 Å². The van der Waals surface area contributed by atoms with Crippen LogP contribution in [-0.2, 0) is 14.8 Å². The molecule has 0 bridgehead atoms. The lowest BCUT2D eigenvalue weighted by atomic mass is 10.1. The van der Waals surface area contributed by atoms with Gasteiger partial charge < -0.3 is 10.1 Å². The molecule has 1 amide bonds. The van der Waals surface area contributed by atoms with E-state index in [1.807, 2.05) is 58.0 Å². The Balaban J connectivity index is 2.02. The number of nitrogens with one attached hydrogen (secondary N) is 1. The summed E-state index contributed by atoms with van der Waals surface area (Å²) in [6, 6.07) is 12.8. The topological polar surface area (TPSA) is 75.7 Å². The molecule has 0 saturated carbocycles. The molecule has 2 rings (SSSR count). The molecule has 0 aromatic heterocycles. The van der Waals surface area contributed by atoms with E-state index in [0.29, 0.717) is 12.3 Å². The van der Waals surface area contributed by atoms with E-state index < -0.39 is 10.0 Å². The number of sulfonamides is 1. The predicted octanol–water partition coefficient (Wildman–Crippen LogP) is 2.96. The number of benzene rings is 2. The van der Waals surface area contributed by atoms with Crippen LogP contribution in [0.3, 0.4) is 0 Å². The number of nitrogens with zero attached hydrogens (tertiary/aromatic N) is 1. The first-order chi connectivity index (χ1) is 13.1. The molecule has 0 radical (unpaired) electrons. The largest absolute Gasteiger partial charge is 0.491 e. The van der Waals surface area contributed by atoms with Gasteiger partial charge >= 0.3 is 0 Å². The van der Waals surface area contributed by atoms with Gasteiger partial charge in [0.2, 0.25) is 15.9 Å². The monoisotopic (exact) mass is 404 g/mol. The Bertz CT molecular complexity index is 921. The maximum absolute atomic E-state index is 12.5. The van der Waals surface area contributed by atoms with Crippen LogP contribution in [0.1, 0.15) is 23.6 Å². The SMILES string of the molecule is Cc1cc(C)cc(N(CC(=O)N[C@H](C)COc2ccccc2C)S(C)(=O)=O)c1. The molecule has 7 heteroatoms. The summed E-state index contributed by atoms with van der Waals surface area (Å²) in [6.07, 6.45) is 1.10. The minimum atomic E-state index is -3.60. The highest BCUT2D eigenvalue weighted by Gasteiger charge is 2.22. The van der Waals surface area contributed by atoms with Gasteiger partial charge in [-0.15, -0.1) is 0 Å². The van der Waals surface area contributed by atoms with Gasteiger partial charge in [0.15, 0.2) is 0 Å². The van der Waals surface area contributed by atoms with E-state index in [1.165, 1.54) is 0 Å². The fourth-order valence-corrected chi connectivity index (χ4v) is 3.76. The zero-order chi connectivity index (χ0) is 20.9. The second-order valence-electron chi connectivity index (χ2n) is 7.16. The number of hydrogen-bond donors (Lipinski definition) is 1. The molecule has 0 aliphatic carbocycles. The number of hydrogen-bond acceptors (Lipinski definition) is 4. The summed E-state index contributed by atoms with van der Waals surface area (Å²) in [6.45, 7) is 7.56. The van der Waals surface area contributed by atoms with Crippen LogP contribution in [0.5, 0.6) is 5.75 Å². The lowest BCUT2D eigenvalue weighted by Crippen LogP contribution is -2.45. The third-order valence-corrected chi connectivity index (χ3v) is 5.31. The number of carbonyl (C=O) groups excluding carboxylic acids is 1. The fourth-order valence-electron chi connectivity index (χ4n) is 2.92. The Morgan fingerprint density at radius 1 is 1.11 bits per heavy atom. The van der Waals surface area contributed by atoms with Crippen molar-refractivity contribution in [2.75, 3.05) is 23.7 Å². The molecule has 1 N–H and O–H groups in total. The smallest absolute Gasteiger partial charge is 0.241 e.